The Bertz CT molecular complexity index is 518. The molecule has 6 heteroatoms. The Morgan fingerprint density at radius 2 is 2.16 bits per heavy atom. The fraction of sp³-hybridized carbons (Fsp3) is 0.308. The number of nitro groups is 1. The van der Waals surface area contributed by atoms with Crippen molar-refractivity contribution in [1.82, 2.24) is 0 Å². The average Bonchev–Trinajstić information content (AvgIpc) is 2.36. The molecule has 0 unspecified atom stereocenters. The first-order valence-corrected chi connectivity index (χ1v) is 5.74. The molecule has 0 fully saturated rings. The van der Waals surface area contributed by atoms with E-state index in [-0.39, 0.29) is 30.0 Å². The highest BCUT2D eigenvalue weighted by Crippen LogP contribution is 2.18. The monoisotopic (exact) mass is 265 g/mol. The minimum atomic E-state index is -0.617. The van der Waals surface area contributed by atoms with E-state index in [0.717, 1.165) is 0 Å². The van der Waals surface area contributed by atoms with E-state index < -0.39 is 10.9 Å². The number of carbonyl (C=O) groups is 1. The second-order valence-corrected chi connectivity index (χ2v) is 3.89. The lowest BCUT2D eigenvalue weighted by Gasteiger charge is -2.08. The number of benzene rings is 1. The van der Waals surface area contributed by atoms with Crippen molar-refractivity contribution in [1.29, 1.82) is 0 Å². The van der Waals surface area contributed by atoms with Gasteiger partial charge in [-0.05, 0) is 19.4 Å². The lowest BCUT2D eigenvalue weighted by atomic mass is 10.0. The first kappa shape index (κ1) is 14.7. The van der Waals surface area contributed by atoms with Crippen LogP contribution in [-0.2, 0) is 16.0 Å². The van der Waals surface area contributed by atoms with Gasteiger partial charge in [-0.2, -0.15) is 0 Å². The number of nitrogens with zero attached hydrogens (tertiary/aromatic N) is 1. The smallest absolute Gasteiger partial charge is 0.337 e. The molecule has 0 aromatic heterocycles. The maximum absolute atomic E-state index is 11.6. The van der Waals surface area contributed by atoms with Crippen molar-refractivity contribution in [3.8, 4) is 0 Å². The van der Waals surface area contributed by atoms with E-state index in [2.05, 4.69) is 0 Å². The minimum absolute atomic E-state index is 0.0590. The molecule has 0 saturated heterocycles. The second-order valence-electron chi connectivity index (χ2n) is 3.89. The average molecular weight is 265 g/mol. The lowest BCUT2D eigenvalue weighted by molar-refractivity contribution is -0.384. The van der Waals surface area contributed by atoms with Gasteiger partial charge in [-0.3, -0.25) is 10.1 Å². The maximum atomic E-state index is 11.6. The van der Waals surface area contributed by atoms with E-state index in [1.807, 2.05) is 0 Å². The van der Waals surface area contributed by atoms with E-state index in [1.165, 1.54) is 25.1 Å². The van der Waals surface area contributed by atoms with Crippen LogP contribution in [-0.4, -0.2) is 22.6 Å². The Balaban J connectivity index is 2.98. The zero-order valence-electron chi connectivity index (χ0n) is 10.8. The number of aliphatic hydroxyl groups is 1. The standard InChI is InChI=1S/C13H15NO5/c1-3-19-13(16)12(9(2)15)8-10-5-4-6-11(7-10)14(17)18/h4-7,15H,3,8H2,1-2H3/b12-9+. The highest BCUT2D eigenvalue weighted by atomic mass is 16.6. The Labute approximate surface area is 110 Å². The summed E-state index contributed by atoms with van der Waals surface area (Å²) >= 11 is 0. The van der Waals surface area contributed by atoms with Crippen LogP contribution in [0.5, 0.6) is 0 Å². The van der Waals surface area contributed by atoms with Gasteiger partial charge in [0.2, 0.25) is 0 Å². The summed E-state index contributed by atoms with van der Waals surface area (Å²) in [5.74, 6) is -0.765. The van der Waals surface area contributed by atoms with Crippen molar-refractivity contribution in [3.63, 3.8) is 0 Å². The molecule has 0 radical (unpaired) electrons. The molecule has 1 aromatic rings. The Kier molecular flexibility index (Phi) is 5.05. The molecule has 1 N–H and O–H groups in total. The Morgan fingerprint density at radius 1 is 1.47 bits per heavy atom. The van der Waals surface area contributed by atoms with Crippen molar-refractivity contribution in [2.75, 3.05) is 6.61 Å². The maximum Gasteiger partial charge on any atom is 0.337 e. The fourth-order valence-electron chi connectivity index (χ4n) is 1.55. The number of carbonyl (C=O) groups excluding carboxylic acids is 1. The van der Waals surface area contributed by atoms with Crippen molar-refractivity contribution >= 4 is 11.7 Å². The lowest BCUT2D eigenvalue weighted by Crippen LogP contribution is -2.12. The molecular formula is C13H15NO5. The summed E-state index contributed by atoms with van der Waals surface area (Å²) in [7, 11) is 0. The number of ether oxygens (including phenoxy) is 1. The molecule has 0 amide bonds. The van der Waals surface area contributed by atoms with Crippen LogP contribution in [0.4, 0.5) is 5.69 Å². The number of aliphatic hydroxyl groups excluding tert-OH is 1. The van der Waals surface area contributed by atoms with Crippen molar-refractivity contribution in [3.05, 3.63) is 51.3 Å². The second kappa shape index (κ2) is 6.53. The molecule has 0 saturated carbocycles. The van der Waals surface area contributed by atoms with Crippen LogP contribution in [0.15, 0.2) is 35.6 Å². The number of hydrogen-bond acceptors (Lipinski definition) is 5. The zero-order valence-corrected chi connectivity index (χ0v) is 10.8. The first-order valence-electron chi connectivity index (χ1n) is 5.74. The van der Waals surface area contributed by atoms with Gasteiger partial charge in [-0.1, -0.05) is 12.1 Å². The summed E-state index contributed by atoms with van der Waals surface area (Å²) in [5.41, 5.74) is 0.601. The molecule has 102 valence electrons. The van der Waals surface area contributed by atoms with E-state index in [9.17, 15) is 20.0 Å². The van der Waals surface area contributed by atoms with E-state index in [0.29, 0.717) is 5.56 Å². The highest BCUT2D eigenvalue weighted by Gasteiger charge is 2.16. The first-order chi connectivity index (χ1) is 8.95. The van der Waals surface area contributed by atoms with Gasteiger partial charge in [0.25, 0.3) is 5.69 Å². The summed E-state index contributed by atoms with van der Waals surface area (Å²) in [6, 6.07) is 5.91. The molecule has 0 spiro atoms. The molecular weight excluding hydrogens is 250 g/mol. The van der Waals surface area contributed by atoms with Crippen LogP contribution >= 0.6 is 0 Å². The predicted molar refractivity (Wildman–Crippen MR) is 68.8 cm³/mol. The van der Waals surface area contributed by atoms with Crippen LogP contribution in [0, 0.1) is 10.1 Å². The Morgan fingerprint density at radius 3 is 2.68 bits per heavy atom. The summed E-state index contributed by atoms with van der Waals surface area (Å²) in [4.78, 5) is 21.8. The molecule has 0 aliphatic heterocycles. The van der Waals surface area contributed by atoms with Crippen molar-refractivity contribution in [2.24, 2.45) is 0 Å². The largest absolute Gasteiger partial charge is 0.512 e. The van der Waals surface area contributed by atoms with Crippen LogP contribution in [0.2, 0.25) is 0 Å². The molecule has 0 aliphatic carbocycles. The van der Waals surface area contributed by atoms with Crippen LogP contribution < -0.4 is 0 Å². The molecule has 0 aliphatic rings. The topological polar surface area (TPSA) is 89.7 Å². The van der Waals surface area contributed by atoms with E-state index >= 15 is 0 Å². The Hall–Kier alpha value is -2.37. The van der Waals surface area contributed by atoms with Gasteiger partial charge in [0.15, 0.2) is 0 Å². The van der Waals surface area contributed by atoms with Gasteiger partial charge >= 0.3 is 5.97 Å². The molecule has 0 atom stereocenters. The molecule has 6 nitrogen and oxygen atoms in total. The van der Waals surface area contributed by atoms with Crippen molar-refractivity contribution in [2.45, 2.75) is 20.3 Å². The fourth-order valence-corrected chi connectivity index (χ4v) is 1.55. The number of esters is 1. The SMILES string of the molecule is CCOC(=O)/C(Cc1cccc([N+](=O)[O-])c1)=C(\C)O. The summed E-state index contributed by atoms with van der Waals surface area (Å²) in [5, 5.41) is 20.2. The third-order valence-electron chi connectivity index (χ3n) is 2.46. The van der Waals surface area contributed by atoms with Gasteiger partial charge < -0.3 is 9.84 Å². The van der Waals surface area contributed by atoms with E-state index in [4.69, 9.17) is 4.74 Å². The number of allylic oxidation sites excluding steroid dienone is 1. The van der Waals surface area contributed by atoms with Crippen LogP contribution in [0.1, 0.15) is 19.4 Å². The van der Waals surface area contributed by atoms with E-state index in [1.54, 1.807) is 13.0 Å². The molecule has 1 rings (SSSR count). The third-order valence-corrected chi connectivity index (χ3v) is 2.46. The number of rotatable bonds is 5. The zero-order chi connectivity index (χ0) is 14.4. The normalized spacial score (nSPS) is 11.7. The summed E-state index contributed by atoms with van der Waals surface area (Å²) in [6.45, 7) is 3.24. The molecule has 1 aromatic carbocycles. The summed E-state index contributed by atoms with van der Waals surface area (Å²) in [6.07, 6.45) is 0.0862. The highest BCUT2D eigenvalue weighted by molar-refractivity contribution is 5.89. The van der Waals surface area contributed by atoms with Crippen LogP contribution in [0.25, 0.3) is 0 Å². The van der Waals surface area contributed by atoms with Gasteiger partial charge in [-0.15, -0.1) is 0 Å². The number of hydrogen-bond donors (Lipinski definition) is 1. The van der Waals surface area contributed by atoms with Gasteiger partial charge in [-0.25, -0.2) is 4.79 Å². The van der Waals surface area contributed by atoms with Crippen LogP contribution in [0.3, 0.4) is 0 Å². The van der Waals surface area contributed by atoms with Crippen molar-refractivity contribution < 1.29 is 19.6 Å². The van der Waals surface area contributed by atoms with Gasteiger partial charge in [0.05, 0.1) is 22.9 Å². The summed E-state index contributed by atoms with van der Waals surface area (Å²) < 4.78 is 4.82. The molecule has 19 heavy (non-hydrogen) atoms. The van der Waals surface area contributed by atoms with Gasteiger partial charge in [0.1, 0.15) is 0 Å². The quantitative estimate of drug-likeness (QED) is 0.290. The van der Waals surface area contributed by atoms with Gasteiger partial charge in [0, 0.05) is 18.6 Å². The number of non-ortho nitro benzene ring substituents is 1. The third kappa shape index (κ3) is 4.09. The molecule has 0 heterocycles. The number of nitro benzene ring substituents is 1. The molecule has 0 bridgehead atoms. The minimum Gasteiger partial charge on any atom is -0.512 e. The predicted octanol–water partition coefficient (Wildman–Crippen LogP) is 2.53.